The first-order valence-corrected chi connectivity index (χ1v) is 7.69. The zero-order chi connectivity index (χ0) is 16.5. The van der Waals surface area contributed by atoms with E-state index in [1.165, 1.54) is 5.56 Å². The summed E-state index contributed by atoms with van der Waals surface area (Å²) in [5, 5.41) is 3.93. The molecule has 0 unspecified atom stereocenters. The number of rotatable bonds is 7. The zero-order valence-corrected chi connectivity index (χ0v) is 13.6. The molecule has 0 heterocycles. The molecule has 0 aromatic heterocycles. The van der Waals surface area contributed by atoms with E-state index < -0.39 is 0 Å². The van der Waals surface area contributed by atoms with Gasteiger partial charge in [0.2, 0.25) is 0 Å². The Morgan fingerprint density at radius 3 is 2.52 bits per heavy atom. The van der Waals surface area contributed by atoms with E-state index in [9.17, 15) is 4.79 Å². The third-order valence-corrected chi connectivity index (χ3v) is 3.25. The van der Waals surface area contributed by atoms with Gasteiger partial charge in [0.05, 0.1) is 0 Å². The lowest BCUT2D eigenvalue weighted by molar-refractivity contribution is -0.123. The zero-order valence-electron chi connectivity index (χ0n) is 13.6. The lowest BCUT2D eigenvalue weighted by Crippen LogP contribution is -2.24. The van der Waals surface area contributed by atoms with Crippen molar-refractivity contribution in [1.82, 2.24) is 5.43 Å². The summed E-state index contributed by atoms with van der Waals surface area (Å²) >= 11 is 0. The molecule has 2 aromatic carbocycles. The van der Waals surface area contributed by atoms with Crippen LogP contribution in [0.5, 0.6) is 5.75 Å². The van der Waals surface area contributed by atoms with E-state index in [4.69, 9.17) is 4.74 Å². The molecule has 4 nitrogen and oxygen atoms in total. The minimum Gasteiger partial charge on any atom is -0.484 e. The maximum Gasteiger partial charge on any atom is 0.277 e. The predicted octanol–water partition coefficient (Wildman–Crippen LogP) is 3.42. The van der Waals surface area contributed by atoms with Crippen LogP contribution in [-0.4, -0.2) is 18.7 Å². The van der Waals surface area contributed by atoms with Crippen molar-refractivity contribution in [2.45, 2.75) is 26.7 Å². The van der Waals surface area contributed by atoms with E-state index in [-0.39, 0.29) is 12.5 Å². The first kappa shape index (κ1) is 16.7. The number of hydrogen-bond donors (Lipinski definition) is 1. The van der Waals surface area contributed by atoms with Crippen LogP contribution >= 0.6 is 0 Å². The van der Waals surface area contributed by atoms with Crippen molar-refractivity contribution in [2.24, 2.45) is 5.10 Å². The second-order valence-electron chi connectivity index (χ2n) is 5.48. The highest BCUT2D eigenvalue weighted by molar-refractivity contribution is 5.78. The monoisotopic (exact) mass is 310 g/mol. The van der Waals surface area contributed by atoms with Crippen LogP contribution in [0.3, 0.4) is 0 Å². The molecule has 0 bridgehead atoms. The van der Waals surface area contributed by atoms with Crippen LogP contribution < -0.4 is 10.2 Å². The van der Waals surface area contributed by atoms with Crippen molar-refractivity contribution in [2.75, 3.05) is 6.61 Å². The van der Waals surface area contributed by atoms with Gasteiger partial charge in [0.15, 0.2) is 6.61 Å². The van der Waals surface area contributed by atoms with Gasteiger partial charge in [-0.3, -0.25) is 4.79 Å². The standard InChI is InChI=1S/C19H22N2O2/c1-15-11-16(2)13-18(12-15)23-14-19(22)21-20-10-6-9-17-7-4-3-5-8-17/h3-5,7-8,10-13H,6,9,14H2,1-2H3,(H,21,22)/b20-10-. The number of carbonyl (C=O) groups excluding carboxylic acids is 1. The first-order chi connectivity index (χ1) is 11.1. The molecular formula is C19H22N2O2. The summed E-state index contributed by atoms with van der Waals surface area (Å²) in [4.78, 5) is 11.7. The molecule has 0 saturated carbocycles. The van der Waals surface area contributed by atoms with Crippen molar-refractivity contribution in [1.29, 1.82) is 0 Å². The summed E-state index contributed by atoms with van der Waals surface area (Å²) < 4.78 is 5.47. The van der Waals surface area contributed by atoms with Crippen molar-refractivity contribution in [3.63, 3.8) is 0 Å². The Labute approximate surface area is 137 Å². The number of hydrazone groups is 1. The molecule has 0 aliphatic heterocycles. The minimum atomic E-state index is -0.264. The largest absolute Gasteiger partial charge is 0.484 e. The summed E-state index contributed by atoms with van der Waals surface area (Å²) in [7, 11) is 0. The molecular weight excluding hydrogens is 288 g/mol. The average molecular weight is 310 g/mol. The molecule has 0 spiro atoms. The van der Waals surface area contributed by atoms with Gasteiger partial charge in [0, 0.05) is 6.21 Å². The predicted molar refractivity (Wildman–Crippen MR) is 92.8 cm³/mol. The number of nitrogens with one attached hydrogen (secondary N) is 1. The van der Waals surface area contributed by atoms with Crippen molar-refractivity contribution >= 4 is 12.1 Å². The number of hydrogen-bond acceptors (Lipinski definition) is 3. The maximum absolute atomic E-state index is 11.7. The highest BCUT2D eigenvalue weighted by Gasteiger charge is 2.02. The number of carbonyl (C=O) groups is 1. The Morgan fingerprint density at radius 1 is 1.13 bits per heavy atom. The van der Waals surface area contributed by atoms with Gasteiger partial charge < -0.3 is 4.74 Å². The molecule has 0 aliphatic carbocycles. The summed E-state index contributed by atoms with van der Waals surface area (Å²) in [6, 6.07) is 16.0. The van der Waals surface area contributed by atoms with Crippen molar-refractivity contribution < 1.29 is 9.53 Å². The van der Waals surface area contributed by atoms with Gasteiger partial charge in [0.25, 0.3) is 5.91 Å². The lowest BCUT2D eigenvalue weighted by atomic mass is 10.1. The van der Waals surface area contributed by atoms with Gasteiger partial charge in [-0.2, -0.15) is 5.10 Å². The molecule has 0 saturated heterocycles. The van der Waals surface area contributed by atoms with Gasteiger partial charge in [-0.05, 0) is 55.5 Å². The lowest BCUT2D eigenvalue weighted by Gasteiger charge is -2.07. The highest BCUT2D eigenvalue weighted by Crippen LogP contribution is 2.15. The topological polar surface area (TPSA) is 50.7 Å². The molecule has 120 valence electrons. The van der Waals surface area contributed by atoms with Crippen LogP contribution in [0.2, 0.25) is 0 Å². The number of benzene rings is 2. The Hall–Kier alpha value is -2.62. The SMILES string of the molecule is Cc1cc(C)cc(OCC(=O)N/N=C\CCc2ccccc2)c1. The quantitative estimate of drug-likeness (QED) is 0.629. The molecule has 4 heteroatoms. The fourth-order valence-electron chi connectivity index (χ4n) is 2.26. The fraction of sp³-hybridized carbons (Fsp3) is 0.263. The summed E-state index contributed by atoms with van der Waals surface area (Å²) in [6.07, 6.45) is 3.39. The van der Waals surface area contributed by atoms with E-state index >= 15 is 0 Å². The Bertz CT molecular complexity index is 646. The smallest absolute Gasteiger partial charge is 0.277 e. The Kier molecular flexibility index (Phi) is 6.36. The van der Waals surface area contributed by atoms with E-state index in [2.05, 4.69) is 28.7 Å². The van der Waals surface area contributed by atoms with Gasteiger partial charge in [-0.25, -0.2) is 5.43 Å². The molecule has 2 aromatic rings. The van der Waals surface area contributed by atoms with E-state index in [1.807, 2.05) is 44.2 Å². The van der Waals surface area contributed by atoms with Gasteiger partial charge in [0.1, 0.15) is 5.75 Å². The van der Waals surface area contributed by atoms with Crippen LogP contribution in [0, 0.1) is 13.8 Å². The van der Waals surface area contributed by atoms with Crippen LogP contribution in [-0.2, 0) is 11.2 Å². The third-order valence-electron chi connectivity index (χ3n) is 3.25. The van der Waals surface area contributed by atoms with Gasteiger partial charge in [-0.15, -0.1) is 0 Å². The number of nitrogens with zero attached hydrogens (tertiary/aromatic N) is 1. The number of ether oxygens (including phenoxy) is 1. The number of amides is 1. The molecule has 0 radical (unpaired) electrons. The number of aryl methyl sites for hydroxylation is 3. The fourth-order valence-corrected chi connectivity index (χ4v) is 2.26. The van der Waals surface area contributed by atoms with Crippen LogP contribution in [0.1, 0.15) is 23.1 Å². The second kappa shape index (κ2) is 8.73. The Morgan fingerprint density at radius 2 is 1.83 bits per heavy atom. The minimum absolute atomic E-state index is 0.0427. The van der Waals surface area contributed by atoms with Crippen LogP contribution in [0.15, 0.2) is 53.6 Å². The van der Waals surface area contributed by atoms with E-state index in [0.29, 0.717) is 5.75 Å². The molecule has 1 N–H and O–H groups in total. The van der Waals surface area contributed by atoms with Crippen LogP contribution in [0.25, 0.3) is 0 Å². The van der Waals surface area contributed by atoms with Gasteiger partial charge in [-0.1, -0.05) is 36.4 Å². The summed E-state index contributed by atoms with van der Waals surface area (Å²) in [5.74, 6) is 0.436. The summed E-state index contributed by atoms with van der Waals surface area (Å²) in [5.41, 5.74) is 5.95. The molecule has 2 rings (SSSR count). The van der Waals surface area contributed by atoms with E-state index in [0.717, 1.165) is 24.0 Å². The van der Waals surface area contributed by atoms with Crippen LogP contribution in [0.4, 0.5) is 0 Å². The molecule has 0 atom stereocenters. The molecule has 0 fully saturated rings. The van der Waals surface area contributed by atoms with Crippen molar-refractivity contribution in [3.05, 3.63) is 65.2 Å². The maximum atomic E-state index is 11.7. The summed E-state index contributed by atoms with van der Waals surface area (Å²) in [6.45, 7) is 3.95. The highest BCUT2D eigenvalue weighted by atomic mass is 16.5. The Balaban J connectivity index is 1.67. The third kappa shape index (κ3) is 6.34. The average Bonchev–Trinajstić information content (AvgIpc) is 2.53. The normalized spacial score (nSPS) is 10.7. The van der Waals surface area contributed by atoms with Crippen molar-refractivity contribution in [3.8, 4) is 5.75 Å². The van der Waals surface area contributed by atoms with Gasteiger partial charge >= 0.3 is 0 Å². The molecule has 1 amide bonds. The molecule has 0 aliphatic rings. The first-order valence-electron chi connectivity index (χ1n) is 7.69. The van der Waals surface area contributed by atoms with E-state index in [1.54, 1.807) is 6.21 Å². The second-order valence-corrected chi connectivity index (χ2v) is 5.48. The molecule has 23 heavy (non-hydrogen) atoms.